The van der Waals surface area contributed by atoms with E-state index in [1.54, 1.807) is 6.20 Å². The van der Waals surface area contributed by atoms with Crippen LogP contribution in [0.25, 0.3) is 0 Å². The first-order valence-electron chi connectivity index (χ1n) is 12.1. The van der Waals surface area contributed by atoms with Crippen LogP contribution in [0.15, 0.2) is 6.20 Å². The monoisotopic (exact) mass is 477 g/mol. The zero-order valence-corrected chi connectivity index (χ0v) is 20.0. The zero-order chi connectivity index (χ0) is 23.9. The second-order valence-corrected chi connectivity index (χ2v) is 8.89. The summed E-state index contributed by atoms with van der Waals surface area (Å²) in [7, 11) is 1.34. The molecule has 3 fully saturated rings. The number of alkyl carbamates (subject to hydrolysis) is 1. The average molecular weight is 478 g/mol. The molecule has 0 spiro atoms. The molecule has 3 heterocycles. The van der Waals surface area contributed by atoms with E-state index in [1.807, 2.05) is 11.8 Å². The number of carbonyl (C=O) groups is 2. The van der Waals surface area contributed by atoms with Gasteiger partial charge in [0.25, 0.3) is 5.91 Å². The minimum Gasteiger partial charge on any atom is -0.471 e. The molecule has 4 rings (SSSR count). The van der Waals surface area contributed by atoms with Crippen LogP contribution in [-0.4, -0.2) is 91.7 Å². The number of methoxy groups -OCH3 is 1. The average Bonchev–Trinajstić information content (AvgIpc) is 3.57. The van der Waals surface area contributed by atoms with Crippen LogP contribution in [0.2, 0.25) is 0 Å². The summed E-state index contributed by atoms with van der Waals surface area (Å²) in [5.41, 5.74) is 1.43. The summed E-state index contributed by atoms with van der Waals surface area (Å²) in [6.45, 7) is 5.45. The Kier molecular flexibility index (Phi) is 8.52. The van der Waals surface area contributed by atoms with Gasteiger partial charge < -0.3 is 34.5 Å². The molecule has 0 aromatic carbocycles. The van der Waals surface area contributed by atoms with Gasteiger partial charge in [0.2, 0.25) is 5.88 Å². The highest BCUT2D eigenvalue weighted by atomic mass is 16.6. The van der Waals surface area contributed by atoms with Crippen molar-refractivity contribution >= 4 is 12.0 Å². The third-order valence-corrected chi connectivity index (χ3v) is 6.28. The number of amides is 2. The minimum absolute atomic E-state index is 0.00346. The van der Waals surface area contributed by atoms with Gasteiger partial charge in [-0.2, -0.15) is 0 Å². The Balaban J connectivity index is 1.49. The lowest BCUT2D eigenvalue weighted by Crippen LogP contribution is -2.50. The molecule has 188 valence electrons. The highest BCUT2D eigenvalue weighted by molar-refractivity contribution is 5.82. The normalized spacial score (nSPS) is 23.2. The number of morpholine rings is 1. The largest absolute Gasteiger partial charge is 0.471 e. The molecule has 0 bridgehead atoms. The first-order chi connectivity index (χ1) is 16.6. The van der Waals surface area contributed by atoms with Gasteiger partial charge in [0, 0.05) is 32.1 Å². The summed E-state index contributed by atoms with van der Waals surface area (Å²) in [6.07, 6.45) is 4.70. The van der Waals surface area contributed by atoms with Crippen molar-refractivity contribution in [1.29, 1.82) is 0 Å². The van der Waals surface area contributed by atoms with Gasteiger partial charge in [-0.05, 0) is 32.6 Å². The van der Waals surface area contributed by atoms with E-state index in [9.17, 15) is 9.59 Å². The highest BCUT2D eigenvalue weighted by Gasteiger charge is 2.40. The van der Waals surface area contributed by atoms with Crippen LogP contribution in [0.4, 0.5) is 4.79 Å². The first-order valence-corrected chi connectivity index (χ1v) is 12.1. The number of carbonyl (C=O) groups excluding carboxylic acids is 2. The van der Waals surface area contributed by atoms with Gasteiger partial charge in [-0.25, -0.2) is 14.8 Å². The number of rotatable bonds is 10. The number of aromatic nitrogens is 2. The lowest BCUT2D eigenvalue weighted by atomic mass is 10.1. The van der Waals surface area contributed by atoms with Crippen molar-refractivity contribution in [1.82, 2.24) is 25.5 Å². The minimum atomic E-state index is -0.474. The van der Waals surface area contributed by atoms with E-state index in [0.29, 0.717) is 57.3 Å². The Morgan fingerprint density at radius 2 is 2.18 bits per heavy atom. The van der Waals surface area contributed by atoms with Crippen LogP contribution < -0.4 is 15.4 Å². The van der Waals surface area contributed by atoms with E-state index in [-0.39, 0.29) is 24.1 Å². The number of aryl methyl sites for hydroxylation is 1. The van der Waals surface area contributed by atoms with E-state index >= 15 is 0 Å². The number of nitrogens with zero attached hydrogens (tertiary/aromatic N) is 3. The summed E-state index contributed by atoms with van der Waals surface area (Å²) < 4.78 is 21.9. The molecule has 2 N–H and O–H groups in total. The predicted molar refractivity (Wildman–Crippen MR) is 122 cm³/mol. The lowest BCUT2D eigenvalue weighted by Gasteiger charge is -2.34. The fraction of sp³-hybridized carbons (Fsp3) is 0.739. The molecule has 2 aliphatic heterocycles. The highest BCUT2D eigenvalue weighted by Crippen LogP contribution is 2.35. The van der Waals surface area contributed by atoms with Crippen molar-refractivity contribution in [3.05, 3.63) is 17.6 Å². The maximum atomic E-state index is 13.3. The van der Waals surface area contributed by atoms with E-state index in [4.69, 9.17) is 19.2 Å². The molecule has 1 aromatic heterocycles. The topological polar surface area (TPSA) is 124 Å². The van der Waals surface area contributed by atoms with Gasteiger partial charge in [0.1, 0.15) is 17.9 Å². The maximum absolute atomic E-state index is 13.3. The molecule has 0 radical (unpaired) electrons. The second kappa shape index (κ2) is 11.8. The van der Waals surface area contributed by atoms with Crippen molar-refractivity contribution in [3.8, 4) is 5.88 Å². The summed E-state index contributed by atoms with van der Waals surface area (Å²) in [5, 5.41) is 5.92. The first kappa shape index (κ1) is 24.6. The van der Waals surface area contributed by atoms with Crippen molar-refractivity contribution in [2.24, 2.45) is 0 Å². The third kappa shape index (κ3) is 6.34. The molecular weight excluding hydrogens is 442 g/mol. The molecule has 0 unspecified atom stereocenters. The molecule has 1 aliphatic carbocycles. The van der Waals surface area contributed by atoms with Gasteiger partial charge in [-0.1, -0.05) is 0 Å². The Hall–Kier alpha value is -2.50. The van der Waals surface area contributed by atoms with Crippen LogP contribution in [0.1, 0.15) is 50.0 Å². The standard InChI is InChI=1S/C23H35N5O6/c1-15(28(16-5-6-16)22(29)20-13-24-9-11-33-20)19-12-26-21(34-17-7-10-32-14-17)18(27-19)4-3-8-25-23(30)31-2/h12,15-17,20,24H,3-11,13-14H2,1-2H3,(H,25,30)/t15-,17+,20-/m1/s1. The van der Waals surface area contributed by atoms with E-state index in [1.165, 1.54) is 7.11 Å². The SMILES string of the molecule is COC(=O)NCCCc1nc([C@@H](C)N(C(=O)[C@H]2CNCCO2)C2CC2)cnc1O[C@H]1CCOC1. The van der Waals surface area contributed by atoms with Crippen molar-refractivity contribution in [3.63, 3.8) is 0 Å². The van der Waals surface area contributed by atoms with Crippen molar-refractivity contribution in [2.45, 2.75) is 63.3 Å². The maximum Gasteiger partial charge on any atom is 0.406 e. The summed E-state index contributed by atoms with van der Waals surface area (Å²) in [6, 6.07) is -0.0390. The van der Waals surface area contributed by atoms with Crippen LogP contribution in [0, 0.1) is 0 Å². The van der Waals surface area contributed by atoms with Gasteiger partial charge in [-0.3, -0.25) is 4.79 Å². The zero-order valence-electron chi connectivity index (χ0n) is 20.0. The van der Waals surface area contributed by atoms with Crippen LogP contribution in [-0.2, 0) is 25.4 Å². The molecule has 11 heteroatoms. The molecule has 1 saturated carbocycles. The van der Waals surface area contributed by atoms with Gasteiger partial charge in [0.15, 0.2) is 0 Å². The fourth-order valence-electron chi connectivity index (χ4n) is 4.25. The number of nitrogens with one attached hydrogen (secondary N) is 2. The van der Waals surface area contributed by atoms with E-state index in [2.05, 4.69) is 20.4 Å². The van der Waals surface area contributed by atoms with Gasteiger partial charge in [-0.15, -0.1) is 0 Å². The Morgan fingerprint density at radius 3 is 2.85 bits per heavy atom. The van der Waals surface area contributed by atoms with E-state index in [0.717, 1.165) is 31.5 Å². The quantitative estimate of drug-likeness (QED) is 0.474. The Labute approximate surface area is 199 Å². The van der Waals surface area contributed by atoms with Crippen LogP contribution in [0.5, 0.6) is 5.88 Å². The van der Waals surface area contributed by atoms with Crippen LogP contribution in [0.3, 0.4) is 0 Å². The molecule has 34 heavy (non-hydrogen) atoms. The molecule has 2 saturated heterocycles. The molecule has 3 aliphatic rings. The van der Waals surface area contributed by atoms with Crippen LogP contribution >= 0.6 is 0 Å². The second-order valence-electron chi connectivity index (χ2n) is 8.89. The fourth-order valence-corrected chi connectivity index (χ4v) is 4.25. The number of hydrogen-bond donors (Lipinski definition) is 2. The Bertz CT molecular complexity index is 839. The summed E-state index contributed by atoms with van der Waals surface area (Å²) in [4.78, 5) is 36.0. The predicted octanol–water partition coefficient (Wildman–Crippen LogP) is 0.973. The molecule has 11 nitrogen and oxygen atoms in total. The molecule has 1 aromatic rings. The van der Waals surface area contributed by atoms with Gasteiger partial charge in [0.05, 0.1) is 44.9 Å². The Morgan fingerprint density at radius 1 is 1.32 bits per heavy atom. The molecule has 3 atom stereocenters. The summed E-state index contributed by atoms with van der Waals surface area (Å²) in [5.74, 6) is 0.477. The number of ether oxygens (including phenoxy) is 4. The third-order valence-electron chi connectivity index (χ3n) is 6.28. The smallest absolute Gasteiger partial charge is 0.406 e. The molecular formula is C23H35N5O6. The van der Waals surface area contributed by atoms with Crippen molar-refractivity contribution < 1.29 is 28.5 Å². The molecule has 2 amide bonds. The summed E-state index contributed by atoms with van der Waals surface area (Å²) >= 11 is 0. The lowest BCUT2D eigenvalue weighted by molar-refractivity contribution is -0.148. The van der Waals surface area contributed by atoms with E-state index < -0.39 is 12.2 Å². The van der Waals surface area contributed by atoms with Gasteiger partial charge >= 0.3 is 6.09 Å². The van der Waals surface area contributed by atoms with Crippen molar-refractivity contribution in [2.75, 3.05) is 46.6 Å². The number of hydrogen-bond acceptors (Lipinski definition) is 9.